The minimum Gasteiger partial charge on any atom is -0.491 e. The van der Waals surface area contributed by atoms with Crippen LogP contribution in [0.3, 0.4) is 0 Å². The predicted molar refractivity (Wildman–Crippen MR) is 103 cm³/mol. The van der Waals surface area contributed by atoms with E-state index < -0.39 is 11.7 Å². The van der Waals surface area contributed by atoms with E-state index in [4.69, 9.17) is 9.84 Å². The lowest BCUT2D eigenvalue weighted by Gasteiger charge is -2.32. The first-order valence-corrected chi connectivity index (χ1v) is 9.63. The van der Waals surface area contributed by atoms with E-state index in [0.29, 0.717) is 25.3 Å². The molecule has 1 N–H and O–H groups in total. The number of benzene rings is 2. The molecule has 7 heteroatoms. The molecule has 0 bridgehead atoms. The van der Waals surface area contributed by atoms with Gasteiger partial charge in [-0.1, -0.05) is 24.3 Å². The first-order valence-electron chi connectivity index (χ1n) is 9.63. The number of halogens is 3. The van der Waals surface area contributed by atoms with Crippen LogP contribution in [0.4, 0.5) is 13.2 Å². The van der Waals surface area contributed by atoms with Crippen molar-refractivity contribution in [2.24, 2.45) is 5.92 Å². The van der Waals surface area contributed by atoms with E-state index in [2.05, 4.69) is 4.90 Å². The molecule has 1 aliphatic rings. The number of hydrogen-bond donors (Lipinski definition) is 1. The average molecular weight is 407 g/mol. The van der Waals surface area contributed by atoms with Gasteiger partial charge in [-0.05, 0) is 49.2 Å². The van der Waals surface area contributed by atoms with Crippen molar-refractivity contribution in [2.45, 2.75) is 25.6 Å². The van der Waals surface area contributed by atoms with Crippen LogP contribution in [0.5, 0.6) is 5.75 Å². The number of nitrogens with zero attached hydrogens (tertiary/aromatic N) is 1. The monoisotopic (exact) mass is 407 g/mol. The van der Waals surface area contributed by atoms with Crippen molar-refractivity contribution < 1.29 is 27.8 Å². The quantitative estimate of drug-likeness (QED) is 0.700. The molecule has 1 heterocycles. The standard InChI is InChI=1S/C22H24F3NO3/c23-22(24,25)19-5-1-3-17(13-19)21(28)18-4-2-10-26(15-18)14-16-6-8-20(9-7-16)29-12-11-27/h1,3,5-9,13,18,27H,2,4,10-12,14-15H2/t18-/m1/s1. The third kappa shape index (κ3) is 5.81. The zero-order valence-corrected chi connectivity index (χ0v) is 16.0. The zero-order valence-electron chi connectivity index (χ0n) is 16.0. The zero-order chi connectivity index (χ0) is 20.9. The Morgan fingerprint density at radius 3 is 2.62 bits per heavy atom. The van der Waals surface area contributed by atoms with Crippen molar-refractivity contribution in [3.63, 3.8) is 0 Å². The Morgan fingerprint density at radius 1 is 1.17 bits per heavy atom. The second kappa shape index (κ2) is 9.41. The first kappa shape index (κ1) is 21.3. The van der Waals surface area contributed by atoms with E-state index in [1.807, 2.05) is 24.3 Å². The number of ketones is 1. The van der Waals surface area contributed by atoms with Crippen LogP contribution in [0.2, 0.25) is 0 Å². The van der Waals surface area contributed by atoms with Crippen LogP contribution in [0, 0.1) is 5.92 Å². The lowest BCUT2D eigenvalue weighted by atomic mass is 9.89. The molecule has 0 unspecified atom stereocenters. The fraction of sp³-hybridized carbons (Fsp3) is 0.409. The molecular weight excluding hydrogens is 383 g/mol. The molecule has 0 aliphatic carbocycles. The minimum absolute atomic E-state index is 0.0448. The molecule has 1 fully saturated rings. The number of ether oxygens (including phenoxy) is 1. The van der Waals surface area contributed by atoms with Crippen LogP contribution in [-0.2, 0) is 12.7 Å². The second-order valence-corrected chi connectivity index (χ2v) is 7.23. The summed E-state index contributed by atoms with van der Waals surface area (Å²) >= 11 is 0. The van der Waals surface area contributed by atoms with Crippen LogP contribution in [0.1, 0.15) is 34.3 Å². The number of aliphatic hydroxyl groups is 1. The Balaban J connectivity index is 1.62. The van der Waals surface area contributed by atoms with Crippen LogP contribution in [0.15, 0.2) is 48.5 Å². The van der Waals surface area contributed by atoms with Gasteiger partial charge in [-0.2, -0.15) is 13.2 Å². The normalized spacial score (nSPS) is 17.9. The lowest BCUT2D eigenvalue weighted by molar-refractivity contribution is -0.137. The van der Waals surface area contributed by atoms with E-state index in [0.717, 1.165) is 30.7 Å². The van der Waals surface area contributed by atoms with Crippen molar-refractivity contribution in [3.05, 3.63) is 65.2 Å². The molecule has 4 nitrogen and oxygen atoms in total. The number of carbonyl (C=O) groups is 1. The Hall–Kier alpha value is -2.38. The number of alkyl halides is 3. The number of piperidine rings is 1. The average Bonchev–Trinajstić information content (AvgIpc) is 2.72. The molecule has 156 valence electrons. The summed E-state index contributed by atoms with van der Waals surface area (Å²) in [6.45, 7) is 2.22. The summed E-state index contributed by atoms with van der Waals surface area (Å²) in [7, 11) is 0. The van der Waals surface area contributed by atoms with Gasteiger partial charge in [-0.15, -0.1) is 0 Å². The highest BCUT2D eigenvalue weighted by Crippen LogP contribution is 2.31. The van der Waals surface area contributed by atoms with Gasteiger partial charge >= 0.3 is 6.18 Å². The van der Waals surface area contributed by atoms with Gasteiger partial charge in [0.1, 0.15) is 12.4 Å². The SMILES string of the molecule is O=C(c1cccc(C(F)(F)F)c1)[C@@H]1CCCN(Cc2ccc(OCCO)cc2)C1. The van der Waals surface area contributed by atoms with Crippen LogP contribution >= 0.6 is 0 Å². The van der Waals surface area contributed by atoms with E-state index in [-0.39, 0.29) is 30.5 Å². The Bertz CT molecular complexity index is 821. The highest BCUT2D eigenvalue weighted by Gasteiger charge is 2.32. The van der Waals surface area contributed by atoms with Crippen LogP contribution < -0.4 is 4.74 Å². The second-order valence-electron chi connectivity index (χ2n) is 7.23. The number of hydrogen-bond acceptors (Lipinski definition) is 4. The molecule has 0 amide bonds. The summed E-state index contributed by atoms with van der Waals surface area (Å²) in [4.78, 5) is 14.9. The third-order valence-corrected chi connectivity index (χ3v) is 5.04. The topological polar surface area (TPSA) is 49.8 Å². The largest absolute Gasteiger partial charge is 0.491 e. The third-order valence-electron chi connectivity index (χ3n) is 5.04. The summed E-state index contributed by atoms with van der Waals surface area (Å²) in [5, 5.41) is 8.79. The van der Waals surface area contributed by atoms with Gasteiger partial charge in [-0.25, -0.2) is 0 Å². The maximum Gasteiger partial charge on any atom is 0.416 e. The maximum atomic E-state index is 12.9. The van der Waals surface area contributed by atoms with Crippen molar-refractivity contribution in [1.29, 1.82) is 0 Å². The minimum atomic E-state index is -4.46. The van der Waals surface area contributed by atoms with Gasteiger partial charge in [0.05, 0.1) is 12.2 Å². The van der Waals surface area contributed by atoms with E-state index in [1.54, 1.807) is 0 Å². The molecular formula is C22H24F3NO3. The Labute approximate surface area is 167 Å². The molecule has 29 heavy (non-hydrogen) atoms. The highest BCUT2D eigenvalue weighted by atomic mass is 19.4. The summed E-state index contributed by atoms with van der Waals surface area (Å²) < 4.78 is 44.1. The van der Waals surface area contributed by atoms with E-state index in [9.17, 15) is 18.0 Å². The molecule has 1 aliphatic heterocycles. The van der Waals surface area contributed by atoms with Crippen molar-refractivity contribution in [2.75, 3.05) is 26.3 Å². The maximum absolute atomic E-state index is 12.9. The van der Waals surface area contributed by atoms with Crippen molar-refractivity contribution >= 4 is 5.78 Å². The number of likely N-dealkylation sites (tertiary alicyclic amines) is 1. The number of aliphatic hydroxyl groups excluding tert-OH is 1. The molecule has 2 aromatic rings. The number of rotatable bonds is 7. The molecule has 0 radical (unpaired) electrons. The summed E-state index contributed by atoms with van der Waals surface area (Å²) in [6.07, 6.45) is -2.95. The van der Waals surface area contributed by atoms with Gasteiger partial charge in [0.15, 0.2) is 5.78 Å². The van der Waals surface area contributed by atoms with Gasteiger partial charge in [0.25, 0.3) is 0 Å². The molecule has 1 atom stereocenters. The van der Waals surface area contributed by atoms with Crippen molar-refractivity contribution in [1.82, 2.24) is 4.90 Å². The summed E-state index contributed by atoms with van der Waals surface area (Å²) in [5.74, 6) is 0.145. The Kier molecular flexibility index (Phi) is 6.92. The van der Waals surface area contributed by atoms with Gasteiger partial charge < -0.3 is 9.84 Å². The summed E-state index contributed by atoms with van der Waals surface area (Å²) in [5.41, 5.74) is 0.394. The van der Waals surface area contributed by atoms with E-state index in [1.165, 1.54) is 12.1 Å². The Morgan fingerprint density at radius 2 is 1.93 bits per heavy atom. The first-order chi connectivity index (χ1) is 13.9. The van der Waals surface area contributed by atoms with Crippen LogP contribution in [0.25, 0.3) is 0 Å². The number of carbonyl (C=O) groups excluding carboxylic acids is 1. The highest BCUT2D eigenvalue weighted by molar-refractivity contribution is 5.98. The van der Waals surface area contributed by atoms with Gasteiger partial charge in [-0.3, -0.25) is 9.69 Å². The van der Waals surface area contributed by atoms with E-state index >= 15 is 0 Å². The molecule has 0 spiro atoms. The number of Topliss-reactive ketones (excluding diaryl/α,β-unsaturated/α-hetero) is 1. The van der Waals surface area contributed by atoms with Gasteiger partial charge in [0, 0.05) is 24.6 Å². The smallest absolute Gasteiger partial charge is 0.416 e. The molecule has 2 aromatic carbocycles. The predicted octanol–water partition coefficient (Wildman–Crippen LogP) is 4.17. The summed E-state index contributed by atoms with van der Waals surface area (Å²) in [6, 6.07) is 12.2. The van der Waals surface area contributed by atoms with Crippen molar-refractivity contribution in [3.8, 4) is 5.75 Å². The molecule has 0 saturated carbocycles. The molecule has 1 saturated heterocycles. The lowest BCUT2D eigenvalue weighted by Crippen LogP contribution is -2.38. The fourth-order valence-electron chi connectivity index (χ4n) is 3.61. The molecule has 3 rings (SSSR count). The van der Waals surface area contributed by atoms with Crippen LogP contribution in [-0.4, -0.2) is 42.1 Å². The fourth-order valence-corrected chi connectivity index (χ4v) is 3.61. The molecule has 0 aromatic heterocycles. The van der Waals surface area contributed by atoms with Gasteiger partial charge in [0.2, 0.25) is 0 Å².